The highest BCUT2D eigenvalue weighted by atomic mass is 79.9. The minimum Gasteiger partial charge on any atom is -0.0831 e. The quantitative estimate of drug-likeness (QED) is 0.737. The van der Waals surface area contributed by atoms with Crippen molar-refractivity contribution in [3.05, 3.63) is 33.3 Å². The molecule has 0 nitrogen and oxygen atoms in total. The van der Waals surface area contributed by atoms with Gasteiger partial charge in [-0.3, -0.25) is 0 Å². The van der Waals surface area contributed by atoms with Crippen LogP contribution in [0.2, 0.25) is 5.02 Å². The van der Waals surface area contributed by atoms with Gasteiger partial charge in [0.25, 0.3) is 0 Å². The summed E-state index contributed by atoms with van der Waals surface area (Å²) in [6.07, 6.45) is 4.02. The van der Waals surface area contributed by atoms with Gasteiger partial charge in [-0.1, -0.05) is 17.7 Å². The van der Waals surface area contributed by atoms with Crippen LogP contribution < -0.4 is 0 Å². The second-order valence-electron chi connectivity index (χ2n) is 3.40. The zero-order chi connectivity index (χ0) is 8.55. The van der Waals surface area contributed by atoms with Gasteiger partial charge in [-0.15, -0.1) is 0 Å². The van der Waals surface area contributed by atoms with E-state index in [-0.39, 0.29) is 0 Å². The van der Waals surface area contributed by atoms with Crippen LogP contribution in [0.15, 0.2) is 22.7 Å². The summed E-state index contributed by atoms with van der Waals surface area (Å²) in [5.74, 6) is 0.943. The van der Waals surface area contributed by atoms with Crippen LogP contribution in [0.3, 0.4) is 0 Å². The van der Waals surface area contributed by atoms with Crippen LogP contribution >= 0.6 is 27.5 Å². The minimum absolute atomic E-state index is 0.801. The normalized spacial score (nSPS) is 16.5. The zero-order valence-corrected chi connectivity index (χ0v) is 9.03. The Labute approximate surface area is 86.1 Å². The first kappa shape index (κ1) is 8.58. The Morgan fingerprint density at radius 2 is 2.17 bits per heavy atom. The molecular weight excluding hydrogens is 235 g/mol. The zero-order valence-electron chi connectivity index (χ0n) is 6.69. The fourth-order valence-corrected chi connectivity index (χ4v) is 1.87. The van der Waals surface area contributed by atoms with E-state index in [9.17, 15) is 0 Å². The Morgan fingerprint density at radius 3 is 2.75 bits per heavy atom. The summed E-state index contributed by atoms with van der Waals surface area (Å²) in [4.78, 5) is 0. The highest BCUT2D eigenvalue weighted by molar-refractivity contribution is 9.10. The molecule has 1 aliphatic rings. The Balaban J connectivity index is 2.15. The molecule has 0 aliphatic heterocycles. The summed E-state index contributed by atoms with van der Waals surface area (Å²) in [6.45, 7) is 0. The van der Waals surface area contributed by atoms with Gasteiger partial charge in [0, 0.05) is 4.47 Å². The Morgan fingerprint density at radius 1 is 1.42 bits per heavy atom. The third-order valence-corrected chi connectivity index (χ3v) is 3.42. The first-order valence-corrected chi connectivity index (χ1v) is 5.37. The molecule has 2 rings (SSSR count). The average molecular weight is 246 g/mol. The molecule has 0 radical (unpaired) electrons. The molecule has 0 unspecified atom stereocenters. The Bertz CT molecular complexity index is 292. The van der Waals surface area contributed by atoms with Crippen molar-refractivity contribution in [2.24, 2.45) is 5.92 Å². The molecular formula is C10H10BrCl. The van der Waals surface area contributed by atoms with E-state index in [0.717, 1.165) is 15.4 Å². The molecule has 1 aliphatic carbocycles. The molecule has 1 aromatic carbocycles. The fraction of sp³-hybridized carbons (Fsp3) is 0.400. The molecule has 0 bridgehead atoms. The molecule has 0 amide bonds. The first-order chi connectivity index (χ1) is 5.75. The van der Waals surface area contributed by atoms with Crippen molar-refractivity contribution in [1.82, 2.24) is 0 Å². The van der Waals surface area contributed by atoms with E-state index < -0.39 is 0 Å². The van der Waals surface area contributed by atoms with Crippen LogP contribution in [0.1, 0.15) is 18.4 Å². The maximum atomic E-state index is 5.89. The van der Waals surface area contributed by atoms with Crippen molar-refractivity contribution in [3.63, 3.8) is 0 Å². The van der Waals surface area contributed by atoms with E-state index in [1.807, 2.05) is 6.07 Å². The summed E-state index contributed by atoms with van der Waals surface area (Å²) in [5, 5.41) is 0.801. The smallest absolute Gasteiger partial charge is 0.0548 e. The third-order valence-electron chi connectivity index (χ3n) is 2.21. The maximum Gasteiger partial charge on any atom is 0.0548 e. The van der Waals surface area contributed by atoms with Crippen molar-refractivity contribution >= 4 is 27.5 Å². The Hall–Kier alpha value is -0.0100. The van der Waals surface area contributed by atoms with Crippen LogP contribution in [0.25, 0.3) is 0 Å². The number of benzene rings is 1. The molecule has 64 valence electrons. The molecule has 0 heterocycles. The largest absolute Gasteiger partial charge is 0.0831 e. The molecule has 0 N–H and O–H groups in total. The van der Waals surface area contributed by atoms with Gasteiger partial charge in [0.2, 0.25) is 0 Å². The molecule has 0 saturated heterocycles. The van der Waals surface area contributed by atoms with E-state index in [0.29, 0.717) is 0 Å². The second-order valence-corrected chi connectivity index (χ2v) is 4.66. The molecule has 0 aromatic heterocycles. The maximum absolute atomic E-state index is 5.89. The van der Waals surface area contributed by atoms with Gasteiger partial charge >= 0.3 is 0 Å². The van der Waals surface area contributed by atoms with Crippen LogP contribution in [-0.4, -0.2) is 0 Å². The van der Waals surface area contributed by atoms with Gasteiger partial charge in [0.05, 0.1) is 5.02 Å². The van der Waals surface area contributed by atoms with E-state index in [1.165, 1.54) is 24.8 Å². The summed E-state index contributed by atoms with van der Waals surface area (Å²) >= 11 is 9.31. The number of rotatable bonds is 2. The summed E-state index contributed by atoms with van der Waals surface area (Å²) in [5.41, 5.74) is 1.40. The summed E-state index contributed by atoms with van der Waals surface area (Å²) in [7, 11) is 0. The highest BCUT2D eigenvalue weighted by Gasteiger charge is 2.21. The number of hydrogen-bond donors (Lipinski definition) is 0. The highest BCUT2D eigenvalue weighted by Crippen LogP contribution is 2.34. The predicted molar refractivity (Wildman–Crippen MR) is 55.6 cm³/mol. The predicted octanol–water partition coefficient (Wildman–Crippen LogP) is 4.06. The van der Waals surface area contributed by atoms with Gasteiger partial charge in [0.1, 0.15) is 0 Å². The van der Waals surface area contributed by atoms with Crippen LogP contribution in [0.4, 0.5) is 0 Å². The van der Waals surface area contributed by atoms with Crippen molar-refractivity contribution in [1.29, 1.82) is 0 Å². The molecule has 1 aromatic rings. The van der Waals surface area contributed by atoms with Crippen LogP contribution in [0, 0.1) is 5.92 Å². The fourth-order valence-electron chi connectivity index (χ4n) is 1.32. The topological polar surface area (TPSA) is 0 Å². The molecule has 1 saturated carbocycles. The first-order valence-electron chi connectivity index (χ1n) is 4.19. The molecule has 1 fully saturated rings. The second kappa shape index (κ2) is 3.39. The van der Waals surface area contributed by atoms with E-state index in [1.54, 1.807) is 0 Å². The SMILES string of the molecule is Clc1ccc(CC2CC2)cc1Br. The van der Waals surface area contributed by atoms with Gasteiger partial charge in [-0.25, -0.2) is 0 Å². The van der Waals surface area contributed by atoms with Crippen molar-refractivity contribution < 1.29 is 0 Å². The Kier molecular flexibility index (Phi) is 2.42. The molecule has 12 heavy (non-hydrogen) atoms. The van der Waals surface area contributed by atoms with Crippen LogP contribution in [0.5, 0.6) is 0 Å². The lowest BCUT2D eigenvalue weighted by Crippen LogP contribution is -1.86. The lowest BCUT2D eigenvalue weighted by atomic mass is 10.1. The van der Waals surface area contributed by atoms with Gasteiger partial charge in [-0.2, -0.15) is 0 Å². The number of hydrogen-bond acceptors (Lipinski definition) is 0. The monoisotopic (exact) mass is 244 g/mol. The molecule has 0 atom stereocenters. The lowest BCUT2D eigenvalue weighted by molar-refractivity contribution is 0.832. The summed E-state index contributed by atoms with van der Waals surface area (Å²) < 4.78 is 1.02. The lowest BCUT2D eigenvalue weighted by Gasteiger charge is -2.01. The molecule has 2 heteroatoms. The molecule has 0 spiro atoms. The standard InChI is InChI=1S/C10H10BrCl/c11-9-6-8(3-4-10(9)12)5-7-1-2-7/h3-4,6-7H,1-2,5H2. The number of halogens is 2. The van der Waals surface area contributed by atoms with Crippen LogP contribution in [-0.2, 0) is 6.42 Å². The van der Waals surface area contributed by atoms with Crippen molar-refractivity contribution in [2.45, 2.75) is 19.3 Å². The van der Waals surface area contributed by atoms with Gasteiger partial charge in [0.15, 0.2) is 0 Å². The van der Waals surface area contributed by atoms with E-state index >= 15 is 0 Å². The summed E-state index contributed by atoms with van der Waals surface area (Å²) in [6, 6.07) is 6.20. The van der Waals surface area contributed by atoms with Crippen molar-refractivity contribution in [2.75, 3.05) is 0 Å². The third kappa shape index (κ3) is 2.02. The van der Waals surface area contributed by atoms with Gasteiger partial charge < -0.3 is 0 Å². The van der Waals surface area contributed by atoms with Crippen molar-refractivity contribution in [3.8, 4) is 0 Å². The minimum atomic E-state index is 0.801. The van der Waals surface area contributed by atoms with Gasteiger partial charge in [-0.05, 0) is 58.8 Å². The average Bonchev–Trinajstić information content (AvgIpc) is 2.81. The van der Waals surface area contributed by atoms with E-state index in [4.69, 9.17) is 11.6 Å². The van der Waals surface area contributed by atoms with E-state index in [2.05, 4.69) is 28.1 Å².